The first-order valence-electron chi connectivity index (χ1n) is 6.90. The van der Waals surface area contributed by atoms with E-state index >= 15 is 0 Å². The van der Waals surface area contributed by atoms with Crippen LogP contribution in [-0.2, 0) is 6.42 Å². The van der Waals surface area contributed by atoms with Gasteiger partial charge >= 0.3 is 0 Å². The van der Waals surface area contributed by atoms with Crippen LogP contribution in [0.15, 0.2) is 6.33 Å². The lowest BCUT2D eigenvalue weighted by molar-refractivity contribution is 0.476. The third-order valence-corrected chi connectivity index (χ3v) is 3.66. The van der Waals surface area contributed by atoms with Crippen molar-refractivity contribution in [2.24, 2.45) is 0 Å². The van der Waals surface area contributed by atoms with E-state index in [4.69, 9.17) is 0 Å². The van der Waals surface area contributed by atoms with Crippen LogP contribution in [0.5, 0.6) is 0 Å². The first-order valence-corrected chi connectivity index (χ1v) is 6.90. The smallest absolute Gasteiger partial charge is 0.135 e. The zero-order valence-electron chi connectivity index (χ0n) is 12.3. The molecule has 4 heteroatoms. The molecule has 102 valence electrons. The summed E-state index contributed by atoms with van der Waals surface area (Å²) in [4.78, 5) is 8.72. The van der Waals surface area contributed by atoms with Gasteiger partial charge in [0, 0.05) is 18.2 Å². The minimum absolute atomic E-state index is 0.0991. The molecule has 1 aromatic rings. The van der Waals surface area contributed by atoms with E-state index in [0.717, 1.165) is 37.3 Å². The van der Waals surface area contributed by atoms with E-state index in [-0.39, 0.29) is 5.54 Å². The van der Waals surface area contributed by atoms with E-state index in [1.165, 1.54) is 5.56 Å². The van der Waals surface area contributed by atoms with E-state index in [1.807, 2.05) is 7.05 Å². The Bertz CT molecular complexity index is 372. The fourth-order valence-corrected chi connectivity index (χ4v) is 1.93. The maximum atomic E-state index is 4.42. The Morgan fingerprint density at radius 1 is 1.11 bits per heavy atom. The molecule has 1 aromatic heterocycles. The average Bonchev–Trinajstić information content (AvgIpc) is 2.40. The molecule has 0 unspecified atom stereocenters. The summed E-state index contributed by atoms with van der Waals surface area (Å²) < 4.78 is 0. The molecule has 0 aliphatic rings. The Morgan fingerprint density at radius 2 is 1.72 bits per heavy atom. The number of nitrogens with one attached hydrogen (secondary N) is 2. The van der Waals surface area contributed by atoms with E-state index in [2.05, 4.69) is 48.3 Å². The molecule has 2 N–H and O–H groups in total. The molecule has 4 nitrogen and oxygen atoms in total. The standard InChI is InChI=1S/C14H26N4/c1-6-9-11-12(15-5)16-10-17-13(11)18-14(4,7-2)8-3/h10H,6-9H2,1-5H3,(H2,15,16,17,18). The SMILES string of the molecule is CCCc1c(NC)ncnc1NC(C)(CC)CC. The van der Waals surface area contributed by atoms with Gasteiger partial charge in [-0.1, -0.05) is 27.2 Å². The topological polar surface area (TPSA) is 49.8 Å². The molecule has 0 spiro atoms. The van der Waals surface area contributed by atoms with Gasteiger partial charge in [0.1, 0.15) is 18.0 Å². The Kier molecular flexibility index (Phi) is 5.38. The second-order valence-electron chi connectivity index (χ2n) is 4.94. The van der Waals surface area contributed by atoms with Crippen LogP contribution in [0.4, 0.5) is 11.6 Å². The van der Waals surface area contributed by atoms with Crippen LogP contribution >= 0.6 is 0 Å². The summed E-state index contributed by atoms with van der Waals surface area (Å²) in [5, 5.41) is 6.74. The van der Waals surface area contributed by atoms with Crippen LogP contribution in [0, 0.1) is 0 Å². The number of aromatic nitrogens is 2. The summed E-state index contributed by atoms with van der Waals surface area (Å²) in [6.07, 6.45) is 5.86. The normalized spacial score (nSPS) is 11.4. The molecule has 0 saturated carbocycles. The Labute approximate surface area is 111 Å². The van der Waals surface area contributed by atoms with Gasteiger partial charge in [0.2, 0.25) is 0 Å². The Hall–Kier alpha value is -1.32. The molecule has 1 heterocycles. The average molecular weight is 250 g/mol. The maximum Gasteiger partial charge on any atom is 0.135 e. The Balaban J connectivity index is 3.07. The third-order valence-electron chi connectivity index (χ3n) is 3.66. The first-order chi connectivity index (χ1) is 8.60. The highest BCUT2D eigenvalue weighted by atomic mass is 15.1. The minimum Gasteiger partial charge on any atom is -0.373 e. The highest BCUT2D eigenvalue weighted by Gasteiger charge is 2.22. The van der Waals surface area contributed by atoms with E-state index in [0.29, 0.717) is 0 Å². The number of anilines is 2. The molecule has 0 bridgehead atoms. The largest absolute Gasteiger partial charge is 0.373 e. The van der Waals surface area contributed by atoms with Gasteiger partial charge in [0.15, 0.2) is 0 Å². The van der Waals surface area contributed by atoms with Gasteiger partial charge < -0.3 is 10.6 Å². The van der Waals surface area contributed by atoms with Crippen molar-refractivity contribution in [1.29, 1.82) is 0 Å². The zero-order chi connectivity index (χ0) is 13.6. The molecule has 0 aromatic carbocycles. The summed E-state index contributed by atoms with van der Waals surface area (Å²) in [6, 6.07) is 0. The predicted molar refractivity (Wildman–Crippen MR) is 78.2 cm³/mol. The lowest BCUT2D eigenvalue weighted by atomic mass is 9.95. The van der Waals surface area contributed by atoms with Crippen LogP contribution in [-0.4, -0.2) is 22.6 Å². The number of hydrogen-bond donors (Lipinski definition) is 2. The molecule has 0 radical (unpaired) electrons. The third kappa shape index (κ3) is 3.34. The molecule has 0 saturated heterocycles. The van der Waals surface area contributed by atoms with E-state index < -0.39 is 0 Å². The van der Waals surface area contributed by atoms with Gasteiger partial charge in [-0.2, -0.15) is 0 Å². The quantitative estimate of drug-likeness (QED) is 0.778. The summed E-state index contributed by atoms with van der Waals surface area (Å²) in [5.74, 6) is 1.91. The van der Waals surface area contributed by atoms with Crippen molar-refractivity contribution in [3.8, 4) is 0 Å². The minimum atomic E-state index is 0.0991. The second kappa shape index (κ2) is 6.57. The lowest BCUT2D eigenvalue weighted by Crippen LogP contribution is -2.34. The second-order valence-corrected chi connectivity index (χ2v) is 4.94. The van der Waals surface area contributed by atoms with Crippen LogP contribution in [0.3, 0.4) is 0 Å². The van der Waals surface area contributed by atoms with Crippen molar-refractivity contribution < 1.29 is 0 Å². The van der Waals surface area contributed by atoms with Gasteiger partial charge in [-0.05, 0) is 26.2 Å². The molecular weight excluding hydrogens is 224 g/mol. The molecule has 0 amide bonds. The highest BCUT2D eigenvalue weighted by molar-refractivity contribution is 5.58. The summed E-state index contributed by atoms with van der Waals surface area (Å²) in [7, 11) is 1.91. The lowest BCUT2D eigenvalue weighted by Gasteiger charge is -2.30. The van der Waals surface area contributed by atoms with Crippen molar-refractivity contribution in [2.45, 2.75) is 58.9 Å². The maximum absolute atomic E-state index is 4.42. The van der Waals surface area contributed by atoms with E-state index in [9.17, 15) is 0 Å². The first kappa shape index (κ1) is 14.7. The van der Waals surface area contributed by atoms with Gasteiger partial charge in [0.25, 0.3) is 0 Å². The van der Waals surface area contributed by atoms with Gasteiger partial charge in [-0.25, -0.2) is 9.97 Å². The number of hydrogen-bond acceptors (Lipinski definition) is 4. The molecule has 18 heavy (non-hydrogen) atoms. The van der Waals surface area contributed by atoms with Crippen molar-refractivity contribution >= 4 is 11.6 Å². The predicted octanol–water partition coefficient (Wildman–Crippen LogP) is 3.46. The van der Waals surface area contributed by atoms with Crippen molar-refractivity contribution in [1.82, 2.24) is 9.97 Å². The highest BCUT2D eigenvalue weighted by Crippen LogP contribution is 2.26. The summed E-state index contributed by atoms with van der Waals surface area (Å²) >= 11 is 0. The number of nitrogens with zero attached hydrogens (tertiary/aromatic N) is 2. The van der Waals surface area contributed by atoms with Gasteiger partial charge in [0.05, 0.1) is 0 Å². The molecular formula is C14H26N4. The molecule has 1 rings (SSSR count). The van der Waals surface area contributed by atoms with Crippen molar-refractivity contribution in [2.75, 3.05) is 17.7 Å². The van der Waals surface area contributed by atoms with Crippen LogP contribution in [0.1, 0.15) is 52.5 Å². The van der Waals surface area contributed by atoms with Crippen LogP contribution in [0.2, 0.25) is 0 Å². The molecule has 0 atom stereocenters. The zero-order valence-corrected chi connectivity index (χ0v) is 12.3. The van der Waals surface area contributed by atoms with Gasteiger partial charge in [-0.3, -0.25) is 0 Å². The fourth-order valence-electron chi connectivity index (χ4n) is 1.93. The van der Waals surface area contributed by atoms with Crippen LogP contribution in [0.25, 0.3) is 0 Å². The monoisotopic (exact) mass is 250 g/mol. The fraction of sp³-hybridized carbons (Fsp3) is 0.714. The molecule has 0 aliphatic carbocycles. The van der Waals surface area contributed by atoms with Crippen molar-refractivity contribution in [3.05, 3.63) is 11.9 Å². The number of rotatable bonds is 7. The van der Waals surface area contributed by atoms with E-state index in [1.54, 1.807) is 6.33 Å². The van der Waals surface area contributed by atoms with Crippen molar-refractivity contribution in [3.63, 3.8) is 0 Å². The Morgan fingerprint density at radius 3 is 2.22 bits per heavy atom. The molecule has 0 fully saturated rings. The van der Waals surface area contributed by atoms with Crippen LogP contribution < -0.4 is 10.6 Å². The molecule has 0 aliphatic heterocycles. The summed E-state index contributed by atoms with van der Waals surface area (Å²) in [6.45, 7) is 8.82. The van der Waals surface area contributed by atoms with Gasteiger partial charge in [-0.15, -0.1) is 0 Å². The summed E-state index contributed by atoms with van der Waals surface area (Å²) in [5.41, 5.74) is 1.29.